The standard InChI is InChI=1S/C9H14N2O3S/c1-7-4-5-9(12)8(6-7)10-15(13,14)11(2)3/h4-6,10,12H,1-3H3. The fraction of sp³-hybridized carbons (Fsp3) is 0.333. The van der Waals surface area contributed by atoms with Crippen molar-refractivity contribution in [2.75, 3.05) is 18.8 Å². The smallest absolute Gasteiger partial charge is 0.301 e. The van der Waals surface area contributed by atoms with Gasteiger partial charge in [-0.25, -0.2) is 0 Å². The lowest BCUT2D eigenvalue weighted by atomic mass is 10.2. The lowest BCUT2D eigenvalue weighted by Gasteiger charge is -2.14. The number of phenols is 1. The molecule has 0 amide bonds. The van der Waals surface area contributed by atoms with Gasteiger partial charge in [-0.3, -0.25) is 4.72 Å². The summed E-state index contributed by atoms with van der Waals surface area (Å²) in [6, 6.07) is 4.71. The molecule has 84 valence electrons. The van der Waals surface area contributed by atoms with Gasteiger partial charge in [0.2, 0.25) is 0 Å². The molecule has 5 nitrogen and oxygen atoms in total. The van der Waals surface area contributed by atoms with Crippen molar-refractivity contribution in [2.45, 2.75) is 6.92 Å². The minimum Gasteiger partial charge on any atom is -0.506 e. The van der Waals surface area contributed by atoms with Crippen LogP contribution in [0.2, 0.25) is 0 Å². The Morgan fingerprint density at radius 1 is 1.33 bits per heavy atom. The van der Waals surface area contributed by atoms with Crippen LogP contribution in [-0.2, 0) is 10.2 Å². The SMILES string of the molecule is Cc1ccc(O)c(NS(=O)(=O)N(C)C)c1. The van der Waals surface area contributed by atoms with Gasteiger partial charge < -0.3 is 5.11 Å². The van der Waals surface area contributed by atoms with Gasteiger partial charge in [-0.05, 0) is 24.6 Å². The molecule has 0 saturated carbocycles. The maximum absolute atomic E-state index is 11.5. The number of nitrogens with zero attached hydrogens (tertiary/aromatic N) is 1. The fourth-order valence-corrected chi connectivity index (χ4v) is 1.59. The molecule has 0 atom stereocenters. The molecule has 1 aromatic carbocycles. The Balaban J connectivity index is 3.05. The zero-order chi connectivity index (χ0) is 11.6. The van der Waals surface area contributed by atoms with Crippen LogP contribution in [0.5, 0.6) is 5.75 Å². The largest absolute Gasteiger partial charge is 0.506 e. The summed E-state index contributed by atoms with van der Waals surface area (Å²) in [6.45, 7) is 1.81. The summed E-state index contributed by atoms with van der Waals surface area (Å²) in [5.41, 5.74) is 1.05. The third-order valence-corrected chi connectivity index (χ3v) is 3.31. The Labute approximate surface area is 89.5 Å². The summed E-state index contributed by atoms with van der Waals surface area (Å²) in [5, 5.41) is 9.43. The average molecular weight is 230 g/mol. The lowest BCUT2D eigenvalue weighted by molar-refractivity contribution is 0.476. The Kier molecular flexibility index (Phi) is 3.21. The molecule has 0 aliphatic carbocycles. The summed E-state index contributed by atoms with van der Waals surface area (Å²) in [5.74, 6) is -0.0916. The first-order valence-electron chi connectivity index (χ1n) is 4.33. The van der Waals surface area contributed by atoms with Crippen molar-refractivity contribution < 1.29 is 13.5 Å². The second-order valence-corrected chi connectivity index (χ2v) is 5.29. The molecule has 0 saturated heterocycles. The van der Waals surface area contributed by atoms with Gasteiger partial charge in [0.25, 0.3) is 0 Å². The van der Waals surface area contributed by atoms with E-state index in [9.17, 15) is 13.5 Å². The molecular formula is C9H14N2O3S. The molecule has 0 unspecified atom stereocenters. The predicted molar refractivity (Wildman–Crippen MR) is 59.1 cm³/mol. The number of anilines is 1. The highest BCUT2D eigenvalue weighted by atomic mass is 32.2. The van der Waals surface area contributed by atoms with E-state index in [1.54, 1.807) is 12.1 Å². The van der Waals surface area contributed by atoms with E-state index in [-0.39, 0.29) is 11.4 Å². The molecule has 0 fully saturated rings. The number of aryl methyl sites for hydroxylation is 1. The monoisotopic (exact) mass is 230 g/mol. The van der Waals surface area contributed by atoms with E-state index in [4.69, 9.17) is 0 Å². The Bertz CT molecular complexity index is 454. The van der Waals surface area contributed by atoms with Gasteiger partial charge in [0.1, 0.15) is 5.75 Å². The molecule has 0 spiro atoms. The zero-order valence-electron chi connectivity index (χ0n) is 8.85. The highest BCUT2D eigenvalue weighted by Gasteiger charge is 2.14. The summed E-state index contributed by atoms with van der Waals surface area (Å²) in [4.78, 5) is 0. The van der Waals surface area contributed by atoms with Crippen molar-refractivity contribution in [1.82, 2.24) is 4.31 Å². The number of benzene rings is 1. The predicted octanol–water partition coefficient (Wildman–Crippen LogP) is 0.919. The Morgan fingerprint density at radius 2 is 1.93 bits per heavy atom. The molecule has 0 heterocycles. The molecule has 0 aliphatic rings. The van der Waals surface area contributed by atoms with E-state index in [1.807, 2.05) is 6.92 Å². The first-order chi connectivity index (χ1) is 6.83. The maximum Gasteiger partial charge on any atom is 0.301 e. The molecule has 1 rings (SSSR count). The van der Waals surface area contributed by atoms with Crippen LogP contribution in [0.3, 0.4) is 0 Å². The maximum atomic E-state index is 11.5. The molecule has 0 aromatic heterocycles. The van der Waals surface area contributed by atoms with Gasteiger partial charge in [0.05, 0.1) is 5.69 Å². The molecule has 15 heavy (non-hydrogen) atoms. The van der Waals surface area contributed by atoms with Crippen molar-refractivity contribution in [1.29, 1.82) is 0 Å². The minimum absolute atomic E-state index is 0.0916. The molecule has 0 bridgehead atoms. The normalized spacial score (nSPS) is 11.7. The van der Waals surface area contributed by atoms with Crippen LogP contribution in [0.15, 0.2) is 18.2 Å². The highest BCUT2D eigenvalue weighted by Crippen LogP contribution is 2.25. The van der Waals surface area contributed by atoms with Gasteiger partial charge in [-0.15, -0.1) is 0 Å². The Morgan fingerprint density at radius 3 is 2.47 bits per heavy atom. The number of aromatic hydroxyl groups is 1. The van der Waals surface area contributed by atoms with Gasteiger partial charge in [-0.1, -0.05) is 6.07 Å². The van der Waals surface area contributed by atoms with Crippen molar-refractivity contribution in [3.63, 3.8) is 0 Å². The fourth-order valence-electron chi connectivity index (χ4n) is 0.962. The van der Waals surface area contributed by atoms with E-state index in [0.717, 1.165) is 9.87 Å². The number of hydrogen-bond donors (Lipinski definition) is 2. The first-order valence-corrected chi connectivity index (χ1v) is 5.77. The van der Waals surface area contributed by atoms with Crippen LogP contribution in [-0.4, -0.2) is 31.9 Å². The number of phenolic OH excluding ortho intramolecular Hbond substituents is 1. The Hall–Kier alpha value is -1.27. The summed E-state index contributed by atoms with van der Waals surface area (Å²) < 4.78 is 26.2. The molecule has 6 heteroatoms. The quantitative estimate of drug-likeness (QED) is 0.759. The third kappa shape index (κ3) is 2.84. The van der Waals surface area contributed by atoms with Crippen molar-refractivity contribution in [3.05, 3.63) is 23.8 Å². The zero-order valence-corrected chi connectivity index (χ0v) is 9.67. The van der Waals surface area contributed by atoms with Gasteiger partial charge in [0.15, 0.2) is 0 Å². The second kappa shape index (κ2) is 4.08. The average Bonchev–Trinajstić information content (AvgIpc) is 2.10. The van der Waals surface area contributed by atoms with Crippen molar-refractivity contribution in [3.8, 4) is 5.75 Å². The van der Waals surface area contributed by atoms with E-state index in [0.29, 0.717) is 0 Å². The van der Waals surface area contributed by atoms with Crippen LogP contribution >= 0.6 is 0 Å². The lowest BCUT2D eigenvalue weighted by Crippen LogP contribution is -2.28. The first kappa shape index (κ1) is 11.8. The minimum atomic E-state index is -3.57. The highest BCUT2D eigenvalue weighted by molar-refractivity contribution is 7.90. The summed E-state index contributed by atoms with van der Waals surface area (Å²) >= 11 is 0. The molecule has 0 aliphatic heterocycles. The van der Waals surface area contributed by atoms with Crippen molar-refractivity contribution >= 4 is 15.9 Å². The number of rotatable bonds is 3. The van der Waals surface area contributed by atoms with Gasteiger partial charge in [-0.2, -0.15) is 12.7 Å². The van der Waals surface area contributed by atoms with E-state index in [1.165, 1.54) is 20.2 Å². The topological polar surface area (TPSA) is 69.6 Å². The van der Waals surface area contributed by atoms with Crippen LogP contribution in [0.4, 0.5) is 5.69 Å². The molecule has 1 aromatic rings. The third-order valence-electron chi connectivity index (χ3n) is 1.87. The van der Waals surface area contributed by atoms with E-state index >= 15 is 0 Å². The van der Waals surface area contributed by atoms with Crippen LogP contribution in [0, 0.1) is 6.92 Å². The van der Waals surface area contributed by atoms with Gasteiger partial charge >= 0.3 is 10.2 Å². The molecule has 2 N–H and O–H groups in total. The number of hydrogen-bond acceptors (Lipinski definition) is 3. The summed E-state index contributed by atoms with van der Waals surface area (Å²) in [7, 11) is -0.743. The molecular weight excluding hydrogens is 216 g/mol. The second-order valence-electron chi connectivity index (χ2n) is 3.41. The molecule has 0 radical (unpaired) electrons. The van der Waals surface area contributed by atoms with Crippen molar-refractivity contribution in [2.24, 2.45) is 0 Å². The van der Waals surface area contributed by atoms with E-state index < -0.39 is 10.2 Å². The van der Waals surface area contributed by atoms with E-state index in [2.05, 4.69) is 4.72 Å². The van der Waals surface area contributed by atoms with Crippen LogP contribution in [0.1, 0.15) is 5.56 Å². The van der Waals surface area contributed by atoms with Crippen LogP contribution < -0.4 is 4.72 Å². The van der Waals surface area contributed by atoms with Crippen LogP contribution in [0.25, 0.3) is 0 Å². The number of nitrogens with one attached hydrogen (secondary N) is 1. The summed E-state index contributed by atoms with van der Waals surface area (Å²) in [6.07, 6.45) is 0. The van der Waals surface area contributed by atoms with Gasteiger partial charge in [0, 0.05) is 14.1 Å².